The van der Waals surface area contributed by atoms with E-state index in [9.17, 15) is 18.3 Å². The van der Waals surface area contributed by atoms with E-state index in [0.29, 0.717) is 13.0 Å². The van der Waals surface area contributed by atoms with Crippen molar-refractivity contribution in [1.82, 2.24) is 4.90 Å². The molecular formula is C10H17F3N2O. The number of fused-ring (bicyclic) bond motifs is 3. The lowest BCUT2D eigenvalue weighted by Crippen LogP contribution is -2.64. The fraction of sp³-hybridized carbons (Fsp3) is 1.00. The Morgan fingerprint density at radius 1 is 1.38 bits per heavy atom. The van der Waals surface area contributed by atoms with Crippen molar-refractivity contribution in [2.75, 3.05) is 19.6 Å². The Hall–Kier alpha value is -0.330. The molecular weight excluding hydrogens is 221 g/mol. The molecule has 3 N–H and O–H groups in total. The minimum Gasteiger partial charge on any atom is -0.388 e. The van der Waals surface area contributed by atoms with E-state index >= 15 is 0 Å². The van der Waals surface area contributed by atoms with Crippen LogP contribution < -0.4 is 5.73 Å². The Kier molecular flexibility index (Phi) is 2.92. The maximum absolute atomic E-state index is 12.3. The highest BCUT2D eigenvalue weighted by molar-refractivity contribution is 5.03. The number of hydrogen-bond acceptors (Lipinski definition) is 3. The fourth-order valence-corrected chi connectivity index (χ4v) is 3.02. The number of hydrogen-bond donors (Lipinski definition) is 2. The summed E-state index contributed by atoms with van der Waals surface area (Å²) in [4.78, 5) is 1.44. The van der Waals surface area contributed by atoms with E-state index in [0.717, 1.165) is 12.8 Å². The summed E-state index contributed by atoms with van der Waals surface area (Å²) in [6.45, 7) is -0.402. The van der Waals surface area contributed by atoms with Crippen molar-refractivity contribution in [3.05, 3.63) is 0 Å². The lowest BCUT2D eigenvalue weighted by molar-refractivity contribution is -0.184. The van der Waals surface area contributed by atoms with Crippen molar-refractivity contribution in [2.45, 2.75) is 37.1 Å². The van der Waals surface area contributed by atoms with Gasteiger partial charge in [0, 0.05) is 25.0 Å². The first kappa shape index (κ1) is 12.1. The number of piperidine rings is 2. The molecule has 94 valence electrons. The highest BCUT2D eigenvalue weighted by Gasteiger charge is 2.50. The molecule has 3 nitrogen and oxygen atoms in total. The molecule has 0 aromatic rings. The van der Waals surface area contributed by atoms with Gasteiger partial charge in [-0.15, -0.1) is 0 Å². The zero-order valence-electron chi connectivity index (χ0n) is 9.00. The van der Waals surface area contributed by atoms with Crippen molar-refractivity contribution in [1.29, 1.82) is 0 Å². The smallest absolute Gasteiger partial charge is 0.388 e. The highest BCUT2D eigenvalue weighted by Crippen LogP contribution is 2.42. The minimum atomic E-state index is -4.15. The van der Waals surface area contributed by atoms with Crippen LogP contribution in [0.1, 0.15) is 19.3 Å². The first-order valence-corrected chi connectivity index (χ1v) is 5.57. The van der Waals surface area contributed by atoms with Crippen molar-refractivity contribution < 1.29 is 18.3 Å². The molecule has 2 aliphatic heterocycles. The van der Waals surface area contributed by atoms with Gasteiger partial charge in [0.1, 0.15) is 0 Å². The molecule has 0 radical (unpaired) electrons. The van der Waals surface area contributed by atoms with E-state index in [-0.39, 0.29) is 18.5 Å². The summed E-state index contributed by atoms with van der Waals surface area (Å²) < 4.78 is 36.9. The van der Waals surface area contributed by atoms with Gasteiger partial charge in [-0.25, -0.2) is 0 Å². The van der Waals surface area contributed by atoms with Crippen LogP contribution in [0.15, 0.2) is 0 Å². The highest BCUT2D eigenvalue weighted by atomic mass is 19.4. The maximum atomic E-state index is 12.3. The third-order valence-corrected chi connectivity index (χ3v) is 3.90. The number of nitrogens with zero attached hydrogens (tertiary/aromatic N) is 1. The maximum Gasteiger partial charge on any atom is 0.401 e. The summed E-state index contributed by atoms with van der Waals surface area (Å²) >= 11 is 0. The van der Waals surface area contributed by atoms with E-state index in [1.54, 1.807) is 0 Å². The second-order valence-electron chi connectivity index (χ2n) is 4.98. The Morgan fingerprint density at radius 3 is 2.50 bits per heavy atom. The summed E-state index contributed by atoms with van der Waals surface area (Å²) in [5.74, 6) is -0.107. The quantitative estimate of drug-likeness (QED) is 0.745. The molecule has 3 fully saturated rings. The zero-order valence-corrected chi connectivity index (χ0v) is 9.00. The topological polar surface area (TPSA) is 49.5 Å². The van der Waals surface area contributed by atoms with Gasteiger partial charge in [0.05, 0.1) is 12.1 Å². The number of alkyl halides is 3. The van der Waals surface area contributed by atoms with Crippen molar-refractivity contribution in [2.24, 2.45) is 11.7 Å². The largest absolute Gasteiger partial charge is 0.401 e. The van der Waals surface area contributed by atoms with Crippen LogP contribution in [0.5, 0.6) is 0 Å². The number of aliphatic hydroxyl groups is 1. The number of rotatable bonds is 2. The van der Waals surface area contributed by atoms with Crippen LogP contribution in [0, 0.1) is 5.92 Å². The second kappa shape index (κ2) is 3.85. The summed E-state index contributed by atoms with van der Waals surface area (Å²) in [5.41, 5.74) is 4.57. The molecule has 0 aromatic heterocycles. The van der Waals surface area contributed by atoms with Crippen molar-refractivity contribution in [3.63, 3.8) is 0 Å². The van der Waals surface area contributed by atoms with Gasteiger partial charge in [-0.3, -0.25) is 4.90 Å². The molecule has 3 atom stereocenters. The molecule has 0 amide bonds. The van der Waals surface area contributed by atoms with E-state index in [1.807, 2.05) is 0 Å². The van der Waals surface area contributed by atoms with Crippen molar-refractivity contribution in [3.8, 4) is 0 Å². The van der Waals surface area contributed by atoms with Gasteiger partial charge < -0.3 is 10.8 Å². The normalized spacial score (nSPS) is 40.3. The number of halogens is 3. The molecule has 6 heteroatoms. The third kappa shape index (κ3) is 2.19. The van der Waals surface area contributed by atoms with Gasteiger partial charge >= 0.3 is 6.18 Å². The molecule has 3 unspecified atom stereocenters. The molecule has 3 rings (SSSR count). The molecule has 3 aliphatic rings. The molecule has 1 saturated carbocycles. The Balaban J connectivity index is 2.04. The van der Waals surface area contributed by atoms with Gasteiger partial charge in [-0.2, -0.15) is 13.2 Å². The van der Waals surface area contributed by atoms with E-state index in [1.165, 1.54) is 4.90 Å². The Bertz CT molecular complexity index is 271. The molecule has 0 spiro atoms. The van der Waals surface area contributed by atoms with Gasteiger partial charge in [0.2, 0.25) is 0 Å². The summed E-state index contributed by atoms with van der Waals surface area (Å²) in [6, 6.07) is -0.167. The molecule has 2 heterocycles. The van der Waals surface area contributed by atoms with Crippen LogP contribution >= 0.6 is 0 Å². The van der Waals surface area contributed by atoms with Gasteiger partial charge in [-0.05, 0) is 19.3 Å². The summed E-state index contributed by atoms with van der Waals surface area (Å²) in [6.07, 6.45) is -2.25. The Labute approximate surface area is 92.4 Å². The van der Waals surface area contributed by atoms with Gasteiger partial charge in [0.25, 0.3) is 0 Å². The minimum absolute atomic E-state index is 0.107. The van der Waals surface area contributed by atoms with Crippen LogP contribution in [0.2, 0.25) is 0 Å². The first-order valence-electron chi connectivity index (χ1n) is 5.57. The standard InChI is InChI=1S/C10H17F3N2O/c11-10(12,13)6-15-4-7-1-2-8(15)3-9(7,16)5-14/h7-8,16H,1-6,14H2. The van der Waals surface area contributed by atoms with Crippen molar-refractivity contribution >= 4 is 0 Å². The second-order valence-corrected chi connectivity index (χ2v) is 4.98. The van der Waals surface area contributed by atoms with Crippen LogP contribution in [-0.2, 0) is 0 Å². The molecule has 1 aliphatic carbocycles. The van der Waals surface area contributed by atoms with E-state index < -0.39 is 18.3 Å². The van der Waals surface area contributed by atoms with Crippen LogP contribution in [0.25, 0.3) is 0 Å². The predicted molar refractivity (Wildman–Crippen MR) is 52.8 cm³/mol. The molecule has 0 aromatic carbocycles. The Morgan fingerprint density at radius 2 is 2.06 bits per heavy atom. The van der Waals surface area contributed by atoms with Crippen LogP contribution in [0.3, 0.4) is 0 Å². The SMILES string of the molecule is NCC1(O)CC2CCC1CN2CC(F)(F)F. The van der Waals surface area contributed by atoms with E-state index in [4.69, 9.17) is 5.73 Å². The van der Waals surface area contributed by atoms with Crippen LogP contribution in [0.4, 0.5) is 13.2 Å². The average molecular weight is 238 g/mol. The first-order chi connectivity index (χ1) is 7.34. The van der Waals surface area contributed by atoms with Gasteiger partial charge in [0.15, 0.2) is 0 Å². The predicted octanol–water partition coefficient (Wildman–Crippen LogP) is 0.723. The molecule has 2 bridgehead atoms. The zero-order chi connectivity index (χ0) is 12.0. The number of nitrogens with two attached hydrogens (primary N) is 1. The average Bonchev–Trinajstić information content (AvgIpc) is 2.18. The lowest BCUT2D eigenvalue weighted by Gasteiger charge is -2.53. The van der Waals surface area contributed by atoms with Gasteiger partial charge in [-0.1, -0.05) is 0 Å². The molecule has 16 heavy (non-hydrogen) atoms. The summed E-state index contributed by atoms with van der Waals surface area (Å²) in [7, 11) is 0. The lowest BCUT2D eigenvalue weighted by atomic mass is 9.69. The third-order valence-electron chi connectivity index (χ3n) is 3.90. The van der Waals surface area contributed by atoms with Crippen LogP contribution in [-0.4, -0.2) is 47.5 Å². The van der Waals surface area contributed by atoms with E-state index in [2.05, 4.69) is 0 Å². The molecule has 2 saturated heterocycles. The monoisotopic (exact) mass is 238 g/mol. The fourth-order valence-electron chi connectivity index (χ4n) is 3.02. The summed E-state index contributed by atoms with van der Waals surface area (Å²) in [5, 5.41) is 10.2.